The Morgan fingerprint density at radius 1 is 1.30 bits per heavy atom. The number of rotatable bonds is 4. The molecule has 1 rings (SSSR count). The van der Waals surface area contributed by atoms with Crippen molar-refractivity contribution in [3.05, 3.63) is 34.5 Å². The Balaban J connectivity index is 3.17. The van der Waals surface area contributed by atoms with Gasteiger partial charge in [-0.05, 0) is 24.6 Å². The van der Waals surface area contributed by atoms with Gasteiger partial charge in [0.05, 0.1) is 26.0 Å². The van der Waals surface area contributed by atoms with Crippen molar-refractivity contribution < 1.29 is 24.2 Å². The number of anilines is 1. The number of nitrogens with one attached hydrogen (secondary N) is 1. The summed E-state index contributed by atoms with van der Waals surface area (Å²) in [5, 5.41) is 12.9. The lowest BCUT2D eigenvalue weighted by Gasteiger charge is -2.12. The van der Waals surface area contributed by atoms with E-state index >= 15 is 0 Å². The maximum absolute atomic E-state index is 11.6. The topological polar surface area (TPSA) is 84.9 Å². The van der Waals surface area contributed by atoms with Gasteiger partial charge in [-0.3, -0.25) is 0 Å². The van der Waals surface area contributed by atoms with E-state index in [2.05, 4.69) is 14.8 Å². The first-order chi connectivity index (χ1) is 9.38. The first-order valence-corrected chi connectivity index (χ1v) is 5.91. The molecule has 1 aromatic rings. The van der Waals surface area contributed by atoms with Crippen molar-refractivity contribution in [3.8, 4) is 5.75 Å². The highest BCUT2D eigenvalue weighted by atomic mass is 35.5. The third kappa shape index (κ3) is 3.89. The SMILES string of the molecule is COC(=O)/C=C(/Nc1cc(Cl)cc(C)c1O)C(=O)OC. The minimum Gasteiger partial charge on any atom is -0.505 e. The zero-order valence-electron chi connectivity index (χ0n) is 11.2. The number of carbonyl (C=O) groups is 2. The van der Waals surface area contributed by atoms with E-state index in [-0.39, 0.29) is 17.1 Å². The standard InChI is InChI=1S/C13H14ClNO5/c1-7-4-8(14)5-9(12(7)17)15-10(13(18)20-3)6-11(16)19-2/h4-6,15,17H,1-3H3/b10-6+. The third-order valence-electron chi connectivity index (χ3n) is 2.40. The van der Waals surface area contributed by atoms with E-state index in [1.54, 1.807) is 13.0 Å². The molecular formula is C13H14ClNO5. The smallest absolute Gasteiger partial charge is 0.354 e. The monoisotopic (exact) mass is 299 g/mol. The number of halogens is 1. The van der Waals surface area contributed by atoms with Crippen LogP contribution in [0.5, 0.6) is 5.75 Å². The normalized spacial score (nSPS) is 10.9. The van der Waals surface area contributed by atoms with Crippen LogP contribution >= 0.6 is 11.6 Å². The average molecular weight is 300 g/mol. The Labute approximate surface area is 120 Å². The van der Waals surface area contributed by atoms with Gasteiger partial charge in [-0.15, -0.1) is 0 Å². The van der Waals surface area contributed by atoms with Crippen LogP contribution < -0.4 is 5.32 Å². The number of ether oxygens (including phenoxy) is 2. The number of aromatic hydroxyl groups is 1. The van der Waals surface area contributed by atoms with Crippen LogP contribution in [0.15, 0.2) is 23.9 Å². The van der Waals surface area contributed by atoms with Gasteiger partial charge in [-0.1, -0.05) is 11.6 Å². The molecule has 0 amide bonds. The Hall–Kier alpha value is -2.21. The molecule has 0 aliphatic carbocycles. The summed E-state index contributed by atoms with van der Waals surface area (Å²) in [4.78, 5) is 22.8. The molecule has 1 aromatic carbocycles. The van der Waals surface area contributed by atoms with E-state index in [1.165, 1.54) is 13.2 Å². The van der Waals surface area contributed by atoms with Crippen molar-refractivity contribution in [2.24, 2.45) is 0 Å². The molecule has 0 heterocycles. The van der Waals surface area contributed by atoms with Crippen LogP contribution in [0, 0.1) is 6.92 Å². The van der Waals surface area contributed by atoms with Gasteiger partial charge < -0.3 is 19.9 Å². The minimum atomic E-state index is -0.785. The highest BCUT2D eigenvalue weighted by Crippen LogP contribution is 2.31. The van der Waals surface area contributed by atoms with Crippen molar-refractivity contribution in [2.45, 2.75) is 6.92 Å². The molecule has 108 valence electrons. The predicted molar refractivity (Wildman–Crippen MR) is 73.6 cm³/mol. The second-order valence-corrected chi connectivity index (χ2v) is 4.25. The number of hydrogen-bond acceptors (Lipinski definition) is 6. The molecule has 0 aliphatic heterocycles. The molecule has 0 fully saturated rings. The summed E-state index contributed by atoms with van der Waals surface area (Å²) < 4.78 is 8.98. The molecule has 2 N–H and O–H groups in total. The summed E-state index contributed by atoms with van der Waals surface area (Å²) in [6.45, 7) is 1.65. The van der Waals surface area contributed by atoms with Crippen molar-refractivity contribution >= 4 is 29.2 Å². The molecule has 20 heavy (non-hydrogen) atoms. The van der Waals surface area contributed by atoms with Gasteiger partial charge in [-0.2, -0.15) is 0 Å². The molecule has 0 atom stereocenters. The fourth-order valence-electron chi connectivity index (χ4n) is 1.41. The van der Waals surface area contributed by atoms with E-state index < -0.39 is 11.9 Å². The minimum absolute atomic E-state index is 0.0888. The number of aryl methyl sites for hydroxylation is 1. The summed E-state index contributed by atoms with van der Waals surface area (Å²) in [5.41, 5.74) is 0.508. The molecule has 0 radical (unpaired) electrons. The molecule has 0 aliphatic rings. The predicted octanol–water partition coefficient (Wildman–Crippen LogP) is 2.00. The summed E-state index contributed by atoms with van der Waals surface area (Å²) >= 11 is 5.87. The molecule has 0 spiro atoms. The molecule has 0 saturated heterocycles. The Morgan fingerprint density at radius 2 is 1.95 bits per heavy atom. The van der Waals surface area contributed by atoms with Gasteiger partial charge in [0.2, 0.25) is 0 Å². The van der Waals surface area contributed by atoms with Gasteiger partial charge in [0.15, 0.2) is 0 Å². The first kappa shape index (κ1) is 15.8. The second-order valence-electron chi connectivity index (χ2n) is 3.82. The fraction of sp³-hybridized carbons (Fsp3) is 0.231. The summed E-state index contributed by atoms with van der Waals surface area (Å²) in [5.74, 6) is -1.61. The second kappa shape index (κ2) is 6.81. The lowest BCUT2D eigenvalue weighted by molar-refractivity contribution is -0.138. The molecule has 7 heteroatoms. The lowest BCUT2D eigenvalue weighted by atomic mass is 10.2. The Morgan fingerprint density at radius 3 is 2.50 bits per heavy atom. The highest BCUT2D eigenvalue weighted by molar-refractivity contribution is 6.31. The van der Waals surface area contributed by atoms with Gasteiger partial charge in [0.25, 0.3) is 0 Å². The zero-order chi connectivity index (χ0) is 15.3. The molecule has 6 nitrogen and oxygen atoms in total. The van der Waals surface area contributed by atoms with Crippen molar-refractivity contribution in [1.82, 2.24) is 0 Å². The Kier molecular flexibility index (Phi) is 5.40. The Bertz CT molecular complexity index is 568. The van der Waals surface area contributed by atoms with E-state index in [0.29, 0.717) is 10.6 Å². The summed E-state index contributed by atoms with van der Waals surface area (Å²) in [6, 6.07) is 2.97. The van der Waals surface area contributed by atoms with Crippen molar-refractivity contribution in [3.63, 3.8) is 0 Å². The van der Waals surface area contributed by atoms with Crippen LogP contribution in [0.25, 0.3) is 0 Å². The van der Waals surface area contributed by atoms with Crippen LogP contribution in [0.1, 0.15) is 5.56 Å². The van der Waals surface area contributed by atoms with Crippen molar-refractivity contribution in [1.29, 1.82) is 0 Å². The summed E-state index contributed by atoms with van der Waals surface area (Å²) in [7, 11) is 2.34. The van der Waals surface area contributed by atoms with E-state index in [9.17, 15) is 14.7 Å². The van der Waals surface area contributed by atoms with Crippen molar-refractivity contribution in [2.75, 3.05) is 19.5 Å². The first-order valence-electron chi connectivity index (χ1n) is 5.53. The number of phenols is 1. The maximum Gasteiger partial charge on any atom is 0.354 e. The maximum atomic E-state index is 11.6. The number of hydrogen-bond donors (Lipinski definition) is 2. The molecule has 0 bridgehead atoms. The molecule has 0 unspecified atom stereocenters. The molecular weight excluding hydrogens is 286 g/mol. The number of methoxy groups -OCH3 is 2. The molecule has 0 saturated carbocycles. The van der Waals surface area contributed by atoms with Crippen LogP contribution in [-0.2, 0) is 19.1 Å². The lowest BCUT2D eigenvalue weighted by Crippen LogP contribution is -2.15. The summed E-state index contributed by atoms with van der Waals surface area (Å²) in [6.07, 6.45) is 0.918. The number of esters is 2. The van der Waals surface area contributed by atoms with E-state index in [1.807, 2.05) is 0 Å². The van der Waals surface area contributed by atoms with Crippen LogP contribution in [0.4, 0.5) is 5.69 Å². The van der Waals surface area contributed by atoms with Crippen LogP contribution in [-0.4, -0.2) is 31.3 Å². The van der Waals surface area contributed by atoms with E-state index in [4.69, 9.17) is 11.6 Å². The number of benzene rings is 1. The van der Waals surface area contributed by atoms with E-state index in [0.717, 1.165) is 13.2 Å². The molecule has 0 aromatic heterocycles. The van der Waals surface area contributed by atoms with Crippen LogP contribution in [0.3, 0.4) is 0 Å². The number of carbonyl (C=O) groups excluding carboxylic acids is 2. The van der Waals surface area contributed by atoms with Gasteiger partial charge in [-0.25, -0.2) is 9.59 Å². The zero-order valence-corrected chi connectivity index (χ0v) is 11.9. The fourth-order valence-corrected chi connectivity index (χ4v) is 1.68. The number of phenolic OH excluding ortho intramolecular Hbond substituents is 1. The third-order valence-corrected chi connectivity index (χ3v) is 2.62. The van der Waals surface area contributed by atoms with Crippen LogP contribution in [0.2, 0.25) is 5.02 Å². The van der Waals surface area contributed by atoms with Gasteiger partial charge >= 0.3 is 11.9 Å². The van der Waals surface area contributed by atoms with Gasteiger partial charge in [0, 0.05) is 5.02 Å². The van der Waals surface area contributed by atoms with Gasteiger partial charge in [0.1, 0.15) is 11.4 Å². The quantitative estimate of drug-likeness (QED) is 0.502. The highest BCUT2D eigenvalue weighted by Gasteiger charge is 2.15. The largest absolute Gasteiger partial charge is 0.505 e. The average Bonchev–Trinajstić information content (AvgIpc) is 2.42.